The molecule has 0 aromatic heterocycles. The van der Waals surface area contributed by atoms with Gasteiger partial charge in [0.05, 0.1) is 32.5 Å². The van der Waals surface area contributed by atoms with Crippen molar-refractivity contribution in [3.05, 3.63) is 29.8 Å². The van der Waals surface area contributed by atoms with Crippen LogP contribution in [0.25, 0.3) is 0 Å². The van der Waals surface area contributed by atoms with E-state index in [9.17, 15) is 9.59 Å². The monoisotopic (exact) mass is 672 g/mol. The molecular weight excluding hydrogens is 608 g/mol. The molecule has 1 aliphatic carbocycles. The number of carbonyl (C=O) groups is 2. The topological polar surface area (TPSA) is 165 Å². The second-order valence-electron chi connectivity index (χ2n) is 13.7. The van der Waals surface area contributed by atoms with Gasteiger partial charge in [0.15, 0.2) is 0 Å². The summed E-state index contributed by atoms with van der Waals surface area (Å²) in [5.41, 5.74) is 0.131. The molecule has 274 valence electrons. The summed E-state index contributed by atoms with van der Waals surface area (Å²) >= 11 is 0. The van der Waals surface area contributed by atoms with Crippen molar-refractivity contribution in [3.63, 3.8) is 0 Å². The molecular formula is C35H64N2O10. The van der Waals surface area contributed by atoms with Crippen LogP contribution in [0.4, 0.5) is 9.59 Å². The summed E-state index contributed by atoms with van der Waals surface area (Å²) in [6.45, 7) is 16.0. The Morgan fingerprint density at radius 3 is 1.89 bits per heavy atom. The molecule has 0 bridgehead atoms. The molecule has 47 heavy (non-hydrogen) atoms. The number of aliphatic hydroxyl groups excluding tert-OH is 2. The highest BCUT2D eigenvalue weighted by Gasteiger charge is 2.27. The molecule has 1 aliphatic rings. The van der Waals surface area contributed by atoms with Crippen LogP contribution in [0.2, 0.25) is 0 Å². The van der Waals surface area contributed by atoms with Crippen molar-refractivity contribution >= 4 is 12.2 Å². The number of benzene rings is 1. The van der Waals surface area contributed by atoms with E-state index in [0.29, 0.717) is 19.0 Å². The third-order valence-electron chi connectivity index (χ3n) is 6.77. The average molecular weight is 673 g/mol. The molecule has 1 saturated carbocycles. The van der Waals surface area contributed by atoms with Crippen LogP contribution in [-0.2, 0) is 25.5 Å². The first kappa shape index (κ1) is 44.4. The van der Waals surface area contributed by atoms with Crippen LogP contribution in [-0.4, -0.2) is 90.6 Å². The van der Waals surface area contributed by atoms with E-state index in [2.05, 4.69) is 15.5 Å². The number of ether oxygens (including phenoxy) is 4. The molecule has 4 atom stereocenters. The first-order valence-electron chi connectivity index (χ1n) is 16.8. The highest BCUT2D eigenvalue weighted by atomic mass is 17.1. The molecule has 2 unspecified atom stereocenters. The summed E-state index contributed by atoms with van der Waals surface area (Å²) in [6, 6.07) is 7.74. The highest BCUT2D eigenvalue weighted by Crippen LogP contribution is 2.31. The van der Waals surface area contributed by atoms with Crippen molar-refractivity contribution in [3.8, 4) is 5.75 Å². The van der Waals surface area contributed by atoms with Gasteiger partial charge in [-0.05, 0) is 111 Å². The van der Waals surface area contributed by atoms with E-state index in [4.69, 9.17) is 34.4 Å². The van der Waals surface area contributed by atoms with E-state index in [1.807, 2.05) is 79.7 Å². The normalized spacial score (nSPS) is 17.4. The Labute approximate surface area is 282 Å². The quantitative estimate of drug-likeness (QED) is 0.0866. The molecule has 0 heterocycles. The van der Waals surface area contributed by atoms with Gasteiger partial charge in [-0.1, -0.05) is 31.0 Å². The van der Waals surface area contributed by atoms with Gasteiger partial charge < -0.3 is 39.8 Å². The Hall–Kier alpha value is -2.64. The lowest BCUT2D eigenvalue weighted by molar-refractivity contribution is -0.214. The van der Waals surface area contributed by atoms with Gasteiger partial charge >= 0.3 is 12.2 Å². The highest BCUT2D eigenvalue weighted by molar-refractivity contribution is 5.67. The van der Waals surface area contributed by atoms with Crippen LogP contribution < -0.4 is 15.4 Å². The predicted octanol–water partition coefficient (Wildman–Crippen LogP) is 6.26. The fourth-order valence-corrected chi connectivity index (χ4v) is 4.76. The van der Waals surface area contributed by atoms with Gasteiger partial charge in [0.1, 0.15) is 23.1 Å². The first-order valence-corrected chi connectivity index (χ1v) is 16.8. The molecule has 12 heteroatoms. The predicted molar refractivity (Wildman–Crippen MR) is 183 cm³/mol. The summed E-state index contributed by atoms with van der Waals surface area (Å²) in [6.07, 6.45) is 7.41. The number of nitrogens with one attached hydrogen (secondary N) is 2. The fourth-order valence-electron chi connectivity index (χ4n) is 4.76. The molecule has 0 saturated heterocycles. The third-order valence-corrected chi connectivity index (χ3v) is 6.77. The van der Waals surface area contributed by atoms with Crippen molar-refractivity contribution in [1.29, 1.82) is 0 Å². The maximum absolute atomic E-state index is 11.6. The van der Waals surface area contributed by atoms with Crippen LogP contribution in [0, 0.1) is 5.92 Å². The molecule has 12 nitrogen and oxygen atoms in total. The van der Waals surface area contributed by atoms with Gasteiger partial charge in [0, 0.05) is 13.1 Å². The number of hydrogen-bond acceptors (Lipinski definition) is 10. The van der Waals surface area contributed by atoms with Gasteiger partial charge in [0.2, 0.25) is 0 Å². The second-order valence-corrected chi connectivity index (χ2v) is 13.7. The number of rotatable bonds is 14. The average Bonchev–Trinajstić information content (AvgIpc) is 2.98. The molecule has 1 aromatic carbocycles. The smallest absolute Gasteiger partial charge is 0.407 e. The first-order chi connectivity index (χ1) is 22.0. The van der Waals surface area contributed by atoms with Crippen LogP contribution in [0.15, 0.2) is 24.3 Å². The summed E-state index contributed by atoms with van der Waals surface area (Å²) < 4.78 is 22.0. The number of aliphatic hydroxyl groups is 2. The second kappa shape index (κ2) is 24.5. The summed E-state index contributed by atoms with van der Waals surface area (Å²) in [7, 11) is 1.18. The zero-order valence-corrected chi connectivity index (χ0v) is 30.3. The Kier molecular flexibility index (Phi) is 23.1. The van der Waals surface area contributed by atoms with Gasteiger partial charge in [-0.25, -0.2) is 14.5 Å². The number of aryl methyl sites for hydroxylation is 1. The van der Waals surface area contributed by atoms with E-state index in [1.54, 1.807) is 0 Å². The Morgan fingerprint density at radius 1 is 0.851 bits per heavy atom. The van der Waals surface area contributed by atoms with Crippen molar-refractivity contribution < 1.29 is 48.9 Å². The lowest BCUT2D eigenvalue weighted by Crippen LogP contribution is -2.34. The minimum atomic E-state index is -0.481. The largest absolute Gasteiger partial charge is 0.488 e. The Bertz CT molecular complexity index is 964. The number of hydrogen-bond donors (Lipinski definition) is 5. The van der Waals surface area contributed by atoms with Crippen molar-refractivity contribution in [2.45, 2.75) is 136 Å². The number of carbonyl (C=O) groups excluding carboxylic acids is 2. The molecule has 5 N–H and O–H groups in total. The molecule has 0 spiro atoms. The Balaban J connectivity index is 0.000000831. The molecule has 1 fully saturated rings. The third kappa shape index (κ3) is 24.2. The summed E-state index contributed by atoms with van der Waals surface area (Å²) in [5, 5.41) is 30.8. The summed E-state index contributed by atoms with van der Waals surface area (Å²) in [5.74, 6) is 1.31. The minimum absolute atomic E-state index is 0.0193. The van der Waals surface area contributed by atoms with E-state index in [-0.39, 0.29) is 37.6 Å². The minimum Gasteiger partial charge on any atom is -0.488 e. The van der Waals surface area contributed by atoms with Crippen LogP contribution in [0.1, 0.15) is 106 Å². The van der Waals surface area contributed by atoms with E-state index >= 15 is 0 Å². The van der Waals surface area contributed by atoms with Crippen molar-refractivity contribution in [2.24, 2.45) is 5.92 Å². The molecule has 2 rings (SSSR count). The molecule has 1 aromatic rings. The molecule has 0 radical (unpaired) electrons. The van der Waals surface area contributed by atoms with Crippen molar-refractivity contribution in [2.75, 3.05) is 33.4 Å². The van der Waals surface area contributed by atoms with E-state index < -0.39 is 17.3 Å². The zero-order chi connectivity index (χ0) is 35.9. The van der Waals surface area contributed by atoms with Crippen LogP contribution in [0.3, 0.4) is 0 Å². The zero-order valence-electron chi connectivity index (χ0n) is 30.3. The lowest BCUT2D eigenvalue weighted by Gasteiger charge is -2.33. The van der Waals surface area contributed by atoms with Crippen LogP contribution in [0.5, 0.6) is 5.75 Å². The summed E-state index contributed by atoms with van der Waals surface area (Å²) in [4.78, 5) is 26.4. The number of alkyl carbamates (subject to hydrolysis) is 2. The van der Waals surface area contributed by atoms with Crippen molar-refractivity contribution in [1.82, 2.24) is 10.6 Å². The Morgan fingerprint density at radius 2 is 1.36 bits per heavy atom. The maximum atomic E-state index is 11.6. The number of para-hydroxylation sites is 1. The van der Waals surface area contributed by atoms with E-state index in [0.717, 1.165) is 43.4 Å². The lowest BCUT2D eigenvalue weighted by atomic mass is 9.83. The van der Waals surface area contributed by atoms with E-state index in [1.165, 1.54) is 26.4 Å². The SMILES string of the molecule is COO.C[C@H](CO)OC1CCCCC1CCCNC(=O)OC(C)(C)C.C[C@H](CO)Oc1ccccc1CCCNC(=O)OC(C)(C)C. The van der Waals surface area contributed by atoms with Gasteiger partial charge in [0.25, 0.3) is 0 Å². The molecule has 0 aliphatic heterocycles. The number of amides is 2. The maximum Gasteiger partial charge on any atom is 0.407 e. The molecule has 2 amide bonds. The van der Waals surface area contributed by atoms with Crippen LogP contribution >= 0.6 is 0 Å². The van der Waals surface area contributed by atoms with Gasteiger partial charge in [-0.3, -0.25) is 5.26 Å². The standard InChI is InChI=1S/C17H33NO4.C17H27NO4.CH4O2/c2*1-13(12-19)21-15-10-6-5-8-14(15)9-7-11-18-16(20)22-17(2,3)4;1-3-2/h13-15,19H,5-12H2,1-4H3,(H,18,20);5-6,8,10,13,19H,7,9,11-12H2,1-4H3,(H,18,20);2H,1H3/t13-,14?,15?;13-;/m11./s1. The van der Waals surface area contributed by atoms with Gasteiger partial charge in [-0.15, -0.1) is 0 Å². The van der Waals surface area contributed by atoms with Gasteiger partial charge in [-0.2, -0.15) is 0 Å². The fraction of sp³-hybridized carbons (Fsp3) is 0.771.